The lowest BCUT2D eigenvalue weighted by Crippen LogP contribution is -2.16. The maximum atomic E-state index is 9.04. The first-order chi connectivity index (χ1) is 9.33. The molecule has 0 saturated heterocycles. The summed E-state index contributed by atoms with van der Waals surface area (Å²) in [6.45, 7) is 3.23. The first kappa shape index (κ1) is 13.7. The first-order valence-electron chi connectivity index (χ1n) is 6.76. The number of aliphatic hydroxyl groups excluding tert-OH is 1. The van der Waals surface area contributed by atoms with Gasteiger partial charge in [0.25, 0.3) is 0 Å². The molecule has 0 radical (unpaired) electrons. The molecule has 0 saturated carbocycles. The highest BCUT2D eigenvalue weighted by molar-refractivity contribution is 5.71. The minimum absolute atomic E-state index is 0.239. The zero-order chi connectivity index (χ0) is 13.5. The van der Waals surface area contributed by atoms with E-state index in [4.69, 9.17) is 5.11 Å². The van der Waals surface area contributed by atoms with Gasteiger partial charge in [0.15, 0.2) is 5.65 Å². The van der Waals surface area contributed by atoms with Crippen LogP contribution in [0.15, 0.2) is 24.5 Å². The van der Waals surface area contributed by atoms with Gasteiger partial charge in [-0.25, -0.2) is 9.97 Å². The van der Waals surface area contributed by atoms with Gasteiger partial charge in [0.2, 0.25) is 0 Å². The summed E-state index contributed by atoms with van der Waals surface area (Å²) in [6, 6.07) is 3.83. The normalized spacial score (nSPS) is 12.5. The lowest BCUT2D eigenvalue weighted by Gasteiger charge is -2.16. The van der Waals surface area contributed by atoms with Crippen molar-refractivity contribution in [1.82, 2.24) is 15.0 Å². The number of hydrogen-bond acceptors (Lipinski definition) is 5. The van der Waals surface area contributed by atoms with Crippen LogP contribution < -0.4 is 5.32 Å². The smallest absolute Gasteiger partial charge is 0.180 e. The van der Waals surface area contributed by atoms with E-state index in [0.717, 1.165) is 37.1 Å². The van der Waals surface area contributed by atoms with Gasteiger partial charge in [-0.05, 0) is 30.9 Å². The Morgan fingerprint density at radius 1 is 1.21 bits per heavy atom. The molecule has 2 rings (SSSR count). The fourth-order valence-corrected chi connectivity index (χ4v) is 2.14. The van der Waals surface area contributed by atoms with Crippen molar-refractivity contribution in [3.05, 3.63) is 24.5 Å². The van der Waals surface area contributed by atoms with Crippen molar-refractivity contribution < 1.29 is 5.11 Å². The predicted molar refractivity (Wildman–Crippen MR) is 75.9 cm³/mol. The monoisotopic (exact) mass is 260 g/mol. The van der Waals surface area contributed by atoms with E-state index < -0.39 is 0 Å². The Hall–Kier alpha value is -1.75. The maximum absolute atomic E-state index is 9.04. The molecule has 2 aromatic rings. The minimum atomic E-state index is 0.239. The average Bonchev–Trinajstić information content (AvgIpc) is 2.45. The van der Waals surface area contributed by atoms with Crippen molar-refractivity contribution >= 4 is 17.0 Å². The first-order valence-corrected chi connectivity index (χ1v) is 6.76. The summed E-state index contributed by atoms with van der Waals surface area (Å²) >= 11 is 0. The number of fused-ring (bicyclic) bond motifs is 1. The van der Waals surface area contributed by atoms with Gasteiger partial charge in [-0.15, -0.1) is 0 Å². The number of pyridine rings is 1. The molecule has 0 spiro atoms. The quantitative estimate of drug-likeness (QED) is 0.799. The molecule has 0 aromatic carbocycles. The number of nitrogens with one attached hydrogen (secondary N) is 1. The lowest BCUT2D eigenvalue weighted by atomic mass is 10.0. The molecular weight excluding hydrogens is 240 g/mol. The third kappa shape index (κ3) is 3.86. The Morgan fingerprint density at radius 2 is 2.05 bits per heavy atom. The molecule has 0 aliphatic rings. The van der Waals surface area contributed by atoms with Gasteiger partial charge < -0.3 is 10.4 Å². The Bertz CT molecular complexity index is 512. The summed E-state index contributed by atoms with van der Waals surface area (Å²) in [6.07, 6.45) is 6.37. The molecule has 1 atom stereocenters. The summed E-state index contributed by atoms with van der Waals surface area (Å²) in [4.78, 5) is 12.8. The van der Waals surface area contributed by atoms with Crippen molar-refractivity contribution in [2.75, 3.05) is 18.5 Å². The van der Waals surface area contributed by atoms with E-state index in [-0.39, 0.29) is 6.61 Å². The third-order valence-corrected chi connectivity index (χ3v) is 3.14. The molecule has 0 amide bonds. The molecule has 0 aliphatic carbocycles. The number of anilines is 1. The van der Waals surface area contributed by atoms with Gasteiger partial charge in [0, 0.05) is 25.5 Å². The molecule has 0 aliphatic heterocycles. The van der Waals surface area contributed by atoms with E-state index in [2.05, 4.69) is 27.2 Å². The Kier molecular flexibility index (Phi) is 5.03. The second kappa shape index (κ2) is 6.99. The SMILES string of the molecule is CCCC(CCO)CNc1ccc2nccnc2n1. The van der Waals surface area contributed by atoms with E-state index in [1.807, 2.05) is 12.1 Å². The van der Waals surface area contributed by atoms with Crippen LogP contribution in [0.4, 0.5) is 5.82 Å². The van der Waals surface area contributed by atoms with Gasteiger partial charge in [-0.3, -0.25) is 4.98 Å². The summed E-state index contributed by atoms with van der Waals surface area (Å²) in [7, 11) is 0. The van der Waals surface area contributed by atoms with Crippen LogP contribution in [0.2, 0.25) is 0 Å². The summed E-state index contributed by atoms with van der Waals surface area (Å²) in [5.41, 5.74) is 1.45. The maximum Gasteiger partial charge on any atom is 0.180 e. The Morgan fingerprint density at radius 3 is 2.84 bits per heavy atom. The molecule has 1 unspecified atom stereocenters. The second-order valence-corrected chi connectivity index (χ2v) is 4.64. The molecule has 5 nitrogen and oxygen atoms in total. The van der Waals surface area contributed by atoms with E-state index in [1.54, 1.807) is 12.4 Å². The highest BCUT2D eigenvalue weighted by atomic mass is 16.3. The molecule has 0 bridgehead atoms. The van der Waals surface area contributed by atoms with Crippen LogP contribution in [0.1, 0.15) is 26.2 Å². The van der Waals surface area contributed by atoms with E-state index in [0.29, 0.717) is 11.6 Å². The van der Waals surface area contributed by atoms with Gasteiger partial charge in [0.05, 0.1) is 0 Å². The second-order valence-electron chi connectivity index (χ2n) is 4.64. The molecule has 2 aromatic heterocycles. The standard InChI is InChI=1S/C14H20N4O/c1-2-3-11(6-9-19)10-17-13-5-4-12-14(18-13)16-8-7-15-12/h4-5,7-8,11,19H,2-3,6,9-10H2,1H3,(H,16,17,18). The van der Waals surface area contributed by atoms with E-state index >= 15 is 0 Å². The number of nitrogens with zero attached hydrogens (tertiary/aromatic N) is 3. The molecule has 0 fully saturated rings. The van der Waals surface area contributed by atoms with Crippen molar-refractivity contribution in [2.45, 2.75) is 26.2 Å². The van der Waals surface area contributed by atoms with Gasteiger partial charge in [-0.2, -0.15) is 0 Å². The van der Waals surface area contributed by atoms with Crippen LogP contribution in [0.3, 0.4) is 0 Å². The molecule has 2 heterocycles. The topological polar surface area (TPSA) is 70.9 Å². The van der Waals surface area contributed by atoms with Crippen LogP contribution in [-0.2, 0) is 0 Å². The van der Waals surface area contributed by atoms with Crippen molar-refractivity contribution in [3.63, 3.8) is 0 Å². The fraction of sp³-hybridized carbons (Fsp3) is 0.500. The largest absolute Gasteiger partial charge is 0.396 e. The number of hydrogen-bond donors (Lipinski definition) is 2. The van der Waals surface area contributed by atoms with E-state index in [9.17, 15) is 0 Å². The average molecular weight is 260 g/mol. The van der Waals surface area contributed by atoms with Crippen LogP contribution in [0.25, 0.3) is 11.2 Å². The highest BCUT2D eigenvalue weighted by Gasteiger charge is 2.07. The number of aromatic nitrogens is 3. The zero-order valence-electron chi connectivity index (χ0n) is 11.2. The molecule has 19 heavy (non-hydrogen) atoms. The third-order valence-electron chi connectivity index (χ3n) is 3.14. The Labute approximate surface area is 113 Å². The zero-order valence-corrected chi connectivity index (χ0v) is 11.2. The number of rotatable bonds is 7. The summed E-state index contributed by atoms with van der Waals surface area (Å²) in [5, 5.41) is 12.4. The Balaban J connectivity index is 2.00. The fourth-order valence-electron chi connectivity index (χ4n) is 2.14. The lowest BCUT2D eigenvalue weighted by molar-refractivity contribution is 0.255. The van der Waals surface area contributed by atoms with Crippen molar-refractivity contribution in [3.8, 4) is 0 Å². The predicted octanol–water partition coefficient (Wildman–Crippen LogP) is 2.24. The molecule has 102 valence electrons. The molecule has 5 heteroatoms. The molecular formula is C14H20N4O. The summed E-state index contributed by atoms with van der Waals surface area (Å²) in [5.74, 6) is 1.29. The molecule has 2 N–H and O–H groups in total. The minimum Gasteiger partial charge on any atom is -0.396 e. The van der Waals surface area contributed by atoms with Gasteiger partial charge >= 0.3 is 0 Å². The van der Waals surface area contributed by atoms with Crippen LogP contribution in [0, 0.1) is 5.92 Å². The van der Waals surface area contributed by atoms with Gasteiger partial charge in [0.1, 0.15) is 11.3 Å². The van der Waals surface area contributed by atoms with Crippen LogP contribution in [0.5, 0.6) is 0 Å². The van der Waals surface area contributed by atoms with Crippen molar-refractivity contribution in [1.29, 1.82) is 0 Å². The van der Waals surface area contributed by atoms with Crippen LogP contribution in [-0.4, -0.2) is 33.2 Å². The van der Waals surface area contributed by atoms with Gasteiger partial charge in [-0.1, -0.05) is 13.3 Å². The van der Waals surface area contributed by atoms with Crippen molar-refractivity contribution in [2.24, 2.45) is 5.92 Å². The summed E-state index contributed by atoms with van der Waals surface area (Å²) < 4.78 is 0. The van der Waals surface area contributed by atoms with E-state index in [1.165, 1.54) is 0 Å². The van der Waals surface area contributed by atoms with Crippen LogP contribution >= 0.6 is 0 Å². The highest BCUT2D eigenvalue weighted by Crippen LogP contribution is 2.14. The number of aliphatic hydroxyl groups is 1.